The monoisotopic (exact) mass is 1790 g/mol. The Morgan fingerprint density at radius 1 is 0.216 bits per heavy atom. The first-order chi connectivity index (χ1) is 69.2. The van der Waals surface area contributed by atoms with Crippen molar-refractivity contribution in [1.82, 2.24) is 4.57 Å². The van der Waals surface area contributed by atoms with Gasteiger partial charge in [0.15, 0.2) is 0 Å². The first-order valence-corrected chi connectivity index (χ1v) is 48.5. The van der Waals surface area contributed by atoms with E-state index >= 15 is 0 Å². The fourth-order valence-electron chi connectivity index (χ4n) is 18.5. The van der Waals surface area contributed by atoms with Crippen molar-refractivity contribution in [2.24, 2.45) is 0 Å². The van der Waals surface area contributed by atoms with Crippen LogP contribution in [-0.4, -0.2) is 11.3 Å². The van der Waals surface area contributed by atoms with E-state index in [0.717, 1.165) is 60.8 Å². The molecule has 0 bridgehead atoms. The largest absolute Gasteiger partial charge is 0.310 e. The lowest BCUT2D eigenvalue weighted by Gasteiger charge is -2.46. The molecule has 0 amide bonds. The summed E-state index contributed by atoms with van der Waals surface area (Å²) in [6, 6.07) is 39.3. The van der Waals surface area contributed by atoms with Crippen molar-refractivity contribution in [3.63, 3.8) is 0 Å². The quantitative estimate of drug-likeness (QED) is 0.133. The highest BCUT2D eigenvalue weighted by molar-refractivity contribution is 7.00. The molecule has 4 heteroatoms. The van der Waals surface area contributed by atoms with E-state index in [1.165, 1.54) is 0 Å². The molecular formula is C130H156BN3. The van der Waals surface area contributed by atoms with Crippen LogP contribution >= 0.6 is 0 Å². The third-order valence-electron chi connectivity index (χ3n) is 27.1. The molecule has 3 nitrogen and oxygen atoms in total. The standard InChI is InChI=1S/C130H156BN3/c1-118(2,3)86-48-43-79(44-49-86)100-73-96(128(31,32)33)75-102(85-64-94(126(25,26)27)70-95(65-85)127(28,29)30)116(100)134-112-78-98(132-109-59-53-89(121(10,11)12)71-103(109)104-72-90(122(13,14)15)54-60-110(104)132)55-57-107(112)131-108-66-82(83-62-92(124(19,20)21)69-93(63-83)125(22,23)24)47-58-111(108)133(113-67-84(68-114(134)115(113)131)81-41-40-42-88(61-81)120(7,8)9)117-101(80-45-50-87(51-46-80)119(4,5)6)74-97(129(34,35)36)76-105(117)99-56-52-91(123(16,17)18)77-106(99)130(37,38)39/h40-78H,1-39H3/i43D,44D,45D,46D,48D,49D,50D,51D,52D,56D,64D,65D,70D,73D,74D,75D,76D,77D. The number of hydrogen-bond acceptors (Lipinski definition) is 2. The van der Waals surface area contributed by atoms with E-state index in [-0.39, 0.29) is 196 Å². The fraction of sp³-hybridized carbons (Fsp3) is 0.400. The molecule has 0 saturated carbocycles. The molecule has 0 N–H and O–H groups in total. The summed E-state index contributed by atoms with van der Waals surface area (Å²) in [4.78, 5) is 4.00. The summed E-state index contributed by atoms with van der Waals surface area (Å²) in [7, 11) is 0. The maximum absolute atomic E-state index is 12.0. The van der Waals surface area contributed by atoms with Crippen LogP contribution in [0.3, 0.4) is 0 Å². The maximum Gasteiger partial charge on any atom is 0.252 e. The predicted molar refractivity (Wildman–Crippen MR) is 591 cm³/mol. The van der Waals surface area contributed by atoms with Gasteiger partial charge in [-0.2, -0.15) is 0 Å². The lowest BCUT2D eigenvalue weighted by molar-refractivity contribution is 0.568. The van der Waals surface area contributed by atoms with Crippen LogP contribution < -0.4 is 26.2 Å². The van der Waals surface area contributed by atoms with E-state index < -0.39 is 90.4 Å². The van der Waals surface area contributed by atoms with Gasteiger partial charge in [0.1, 0.15) is 0 Å². The van der Waals surface area contributed by atoms with Crippen LogP contribution in [0.1, 0.15) is 367 Å². The van der Waals surface area contributed by atoms with Gasteiger partial charge >= 0.3 is 0 Å². The number of benzene rings is 13. The van der Waals surface area contributed by atoms with E-state index in [1.807, 2.05) is 188 Å². The molecule has 2 aliphatic heterocycles. The van der Waals surface area contributed by atoms with E-state index in [4.69, 9.17) is 0 Å². The number of rotatable bonds is 9. The third-order valence-corrected chi connectivity index (χ3v) is 27.1. The average Bonchev–Trinajstić information content (AvgIpc) is 0.716. The minimum absolute atomic E-state index is 0.00328. The summed E-state index contributed by atoms with van der Waals surface area (Å²) in [6.45, 7) is 77.4. The van der Waals surface area contributed by atoms with Crippen molar-refractivity contribution in [3.8, 4) is 72.4 Å². The lowest BCUT2D eigenvalue weighted by atomic mass is 9.33. The second kappa shape index (κ2) is 32.5. The SMILES string of the molecule is [2H]c1c([2H])c(C(C)(C)C)c([2H])c([2H])c1-c1c([2H])c(C(C)(C)C)c([2H])c(-c2c([2H])c(C(C)(C)C)c([2H])c(C(C)(C)C)c2[2H])c1N1c2cc(-n3c4ccc(C(C)(C)C)cc4c4cc(C(C)(C)C)ccc43)ccc2B2c3cc(-c4cc(C(C)(C)C)cc(C(C)(C)C)c4)ccc3N(c3c(-c4c([2H])c([2H])c(C(C)(C)C)c([2H])c4[2H])c([2H])c(C(C)(C)C)c([2H])c3-c3c([2H])c([2H])c(C(C)(C)C)c([2H])c3C(C)(C)C)c3cc(-c4cccc(C(C)(C)C)c4)cc1c32. The molecule has 694 valence electrons. The number of nitrogens with zero attached hydrogens (tertiary/aromatic N) is 3. The van der Waals surface area contributed by atoms with Crippen LogP contribution in [0.15, 0.2) is 236 Å². The normalized spacial score (nSPS) is 15.9. The molecule has 2 aliphatic rings. The van der Waals surface area contributed by atoms with Crippen LogP contribution in [-0.2, 0) is 70.4 Å². The molecule has 16 rings (SSSR count). The van der Waals surface area contributed by atoms with E-state index in [9.17, 15) is 24.7 Å². The number of aromatic nitrogens is 1. The summed E-state index contributed by atoms with van der Waals surface area (Å²) < 4.78 is 203. The minimum atomic E-state index is -1.23. The summed E-state index contributed by atoms with van der Waals surface area (Å²) in [5.74, 6) is 0. The second-order valence-electron chi connectivity index (χ2n) is 51.9. The molecule has 13 aromatic carbocycles. The average molecular weight is 1790 g/mol. The van der Waals surface area contributed by atoms with Crippen molar-refractivity contribution in [3.05, 3.63) is 308 Å². The first kappa shape index (κ1) is 75.5. The second-order valence-corrected chi connectivity index (χ2v) is 51.9. The molecule has 0 unspecified atom stereocenters. The van der Waals surface area contributed by atoms with Crippen LogP contribution in [0.5, 0.6) is 0 Å². The smallest absolute Gasteiger partial charge is 0.252 e. The molecule has 134 heavy (non-hydrogen) atoms. The van der Waals surface area contributed by atoms with Gasteiger partial charge in [-0.3, -0.25) is 0 Å². The van der Waals surface area contributed by atoms with E-state index in [1.54, 1.807) is 0 Å². The van der Waals surface area contributed by atoms with Crippen LogP contribution in [0.25, 0.3) is 94.3 Å². The van der Waals surface area contributed by atoms with Crippen molar-refractivity contribution in [1.29, 1.82) is 0 Å². The molecule has 0 atom stereocenters. The van der Waals surface area contributed by atoms with Crippen molar-refractivity contribution in [2.45, 2.75) is 340 Å². The first-order valence-electron chi connectivity index (χ1n) is 57.5. The molecular weight excluding hydrogens is 1610 g/mol. The molecule has 0 aliphatic carbocycles. The Bertz CT molecular complexity index is 7950. The third kappa shape index (κ3) is 18.2. The van der Waals surface area contributed by atoms with Crippen molar-refractivity contribution in [2.75, 3.05) is 9.80 Å². The Morgan fingerprint density at radius 3 is 1.02 bits per heavy atom. The zero-order valence-electron chi connectivity index (χ0n) is 106. The lowest BCUT2D eigenvalue weighted by Crippen LogP contribution is -2.61. The number of hydrogen-bond donors (Lipinski definition) is 0. The molecule has 1 aromatic heterocycles. The molecule has 0 radical (unpaired) electrons. The van der Waals surface area contributed by atoms with Crippen LogP contribution in [0.4, 0.5) is 34.1 Å². The van der Waals surface area contributed by atoms with Gasteiger partial charge in [-0.15, -0.1) is 0 Å². The maximum atomic E-state index is 12.0. The van der Waals surface area contributed by atoms with Crippen molar-refractivity contribution >= 4 is 79.0 Å². The van der Waals surface area contributed by atoms with E-state index in [0.29, 0.717) is 56.0 Å². The highest BCUT2D eigenvalue weighted by Crippen LogP contribution is 2.58. The van der Waals surface area contributed by atoms with Gasteiger partial charge in [0.05, 0.1) is 47.1 Å². The Morgan fingerprint density at radius 2 is 0.590 bits per heavy atom. The van der Waals surface area contributed by atoms with E-state index in [2.05, 4.69) is 224 Å². The van der Waals surface area contributed by atoms with Gasteiger partial charge < -0.3 is 14.4 Å². The zero-order chi connectivity index (χ0) is 114. The number of fused-ring (bicyclic) bond motifs is 7. The molecule has 0 fully saturated rings. The molecule has 3 heterocycles. The van der Waals surface area contributed by atoms with Crippen LogP contribution in [0.2, 0.25) is 0 Å². The molecule has 14 aromatic rings. The summed E-state index contributed by atoms with van der Waals surface area (Å²) in [6.07, 6.45) is 0. The van der Waals surface area contributed by atoms with Gasteiger partial charge in [0.25, 0.3) is 6.71 Å². The van der Waals surface area contributed by atoms with Gasteiger partial charge in [-0.1, -0.05) is 427 Å². The fourth-order valence-corrected chi connectivity index (χ4v) is 18.5. The van der Waals surface area contributed by atoms with Crippen LogP contribution in [0, 0.1) is 0 Å². The number of anilines is 6. The highest BCUT2D eigenvalue weighted by atomic mass is 15.2. The molecule has 0 saturated heterocycles. The Hall–Kier alpha value is -10.7. The Labute approximate surface area is 834 Å². The predicted octanol–water partition coefficient (Wildman–Crippen LogP) is 35.7. The Kier molecular flexibility index (Phi) is 18.3. The summed E-state index contributed by atoms with van der Waals surface area (Å²) >= 11 is 0. The topological polar surface area (TPSA) is 11.4 Å². The zero-order valence-corrected chi connectivity index (χ0v) is 88.0. The summed E-state index contributed by atoms with van der Waals surface area (Å²) in [5.41, 5.74) is 3.01. The van der Waals surface area contributed by atoms with Crippen molar-refractivity contribution < 1.29 is 24.7 Å². The van der Waals surface area contributed by atoms with Gasteiger partial charge in [-0.05, 0) is 282 Å². The minimum Gasteiger partial charge on any atom is -0.310 e. The van der Waals surface area contributed by atoms with Gasteiger partial charge in [0, 0.05) is 61.5 Å². The van der Waals surface area contributed by atoms with Gasteiger partial charge in [0.2, 0.25) is 0 Å². The Balaban J connectivity index is 1.31. The highest BCUT2D eigenvalue weighted by Gasteiger charge is 2.48. The summed E-state index contributed by atoms with van der Waals surface area (Å²) in [5, 5.41) is 1.96. The molecule has 0 spiro atoms. The van der Waals surface area contributed by atoms with Gasteiger partial charge in [-0.25, -0.2) is 0 Å².